The lowest BCUT2D eigenvalue weighted by Gasteiger charge is -2.04. The quantitative estimate of drug-likeness (QED) is 0.663. The van der Waals surface area contributed by atoms with Gasteiger partial charge in [0.2, 0.25) is 0 Å². The van der Waals surface area contributed by atoms with Gasteiger partial charge in [-0.15, -0.1) is 5.10 Å². The van der Waals surface area contributed by atoms with E-state index in [0.717, 1.165) is 4.57 Å². The van der Waals surface area contributed by atoms with Crippen molar-refractivity contribution < 1.29 is 9.53 Å². The molecule has 3 rings (SSSR count). The minimum atomic E-state index is -0.550. The lowest BCUT2D eigenvalue weighted by Crippen LogP contribution is -2.25. The normalized spacial score (nSPS) is 10.8. The van der Waals surface area contributed by atoms with Crippen LogP contribution in [-0.2, 0) is 16.1 Å². The number of carbonyl (C=O) groups is 1. The van der Waals surface area contributed by atoms with Crippen molar-refractivity contribution in [2.24, 2.45) is 0 Å². The van der Waals surface area contributed by atoms with Gasteiger partial charge in [-0.05, 0) is 18.2 Å². The van der Waals surface area contributed by atoms with E-state index in [1.807, 2.05) is 0 Å². The number of hydrogen-bond acceptors (Lipinski definition) is 6. The molecular weight excluding hydrogens is 310 g/mol. The Bertz CT molecular complexity index is 917. The van der Waals surface area contributed by atoms with Gasteiger partial charge >= 0.3 is 5.97 Å². The van der Waals surface area contributed by atoms with Crippen LogP contribution in [0.4, 0.5) is 0 Å². The third kappa shape index (κ3) is 2.44. The zero-order valence-electron chi connectivity index (χ0n) is 11.4. The highest BCUT2D eigenvalue weighted by molar-refractivity contribution is 6.30. The number of aromatic nitrogens is 5. The van der Waals surface area contributed by atoms with Crippen molar-refractivity contribution in [3.63, 3.8) is 0 Å². The number of benzene rings is 1. The molecule has 0 spiro atoms. The Morgan fingerprint density at radius 1 is 1.41 bits per heavy atom. The van der Waals surface area contributed by atoms with E-state index in [0.29, 0.717) is 10.7 Å². The van der Waals surface area contributed by atoms with E-state index in [9.17, 15) is 9.59 Å². The van der Waals surface area contributed by atoms with Crippen molar-refractivity contribution in [1.29, 1.82) is 0 Å². The molecule has 0 aliphatic carbocycles. The molecule has 3 aromatic rings. The summed E-state index contributed by atoms with van der Waals surface area (Å²) in [6.07, 6.45) is 1.26. The molecule has 2 heterocycles. The number of carbonyl (C=O) groups excluding carboxylic acids is 1. The van der Waals surface area contributed by atoms with Crippen molar-refractivity contribution in [3.05, 3.63) is 46.0 Å². The molecule has 1 aromatic carbocycles. The van der Waals surface area contributed by atoms with E-state index < -0.39 is 11.5 Å². The van der Waals surface area contributed by atoms with Crippen LogP contribution in [0, 0.1) is 0 Å². The topological polar surface area (TPSA) is 91.9 Å². The van der Waals surface area contributed by atoms with E-state index in [-0.39, 0.29) is 17.7 Å². The second-order valence-electron chi connectivity index (χ2n) is 4.41. The Labute approximate surface area is 128 Å². The second kappa shape index (κ2) is 5.57. The standard InChI is InChI=1S/C13H10ClN5O3/c1-22-10(20)6-18-7-15-12-11(13(18)21)16-17-19(12)9-4-2-3-8(14)5-9/h2-5,7H,6H2,1H3. The number of rotatable bonds is 3. The Balaban J connectivity index is 2.12. The maximum atomic E-state index is 12.3. The van der Waals surface area contributed by atoms with Gasteiger partial charge in [0, 0.05) is 5.02 Å². The van der Waals surface area contributed by atoms with E-state index in [2.05, 4.69) is 20.0 Å². The monoisotopic (exact) mass is 319 g/mol. The van der Waals surface area contributed by atoms with Crippen molar-refractivity contribution in [1.82, 2.24) is 24.5 Å². The van der Waals surface area contributed by atoms with E-state index in [4.69, 9.17) is 11.6 Å². The van der Waals surface area contributed by atoms with Gasteiger partial charge in [0.15, 0.2) is 11.2 Å². The average molecular weight is 320 g/mol. The summed E-state index contributed by atoms with van der Waals surface area (Å²) in [6, 6.07) is 6.92. The van der Waals surface area contributed by atoms with Crippen LogP contribution < -0.4 is 5.56 Å². The second-order valence-corrected chi connectivity index (χ2v) is 4.84. The molecular formula is C13H10ClN5O3. The molecule has 0 radical (unpaired) electrons. The molecule has 112 valence electrons. The number of methoxy groups -OCH3 is 1. The molecule has 0 unspecified atom stereocenters. The summed E-state index contributed by atoms with van der Waals surface area (Å²) in [5, 5.41) is 8.29. The number of esters is 1. The van der Waals surface area contributed by atoms with Crippen LogP contribution in [-0.4, -0.2) is 37.6 Å². The predicted molar refractivity (Wildman–Crippen MR) is 77.9 cm³/mol. The van der Waals surface area contributed by atoms with Crippen LogP contribution in [0.25, 0.3) is 16.9 Å². The van der Waals surface area contributed by atoms with E-state index >= 15 is 0 Å². The van der Waals surface area contributed by atoms with Crippen LogP contribution in [0.1, 0.15) is 0 Å². The van der Waals surface area contributed by atoms with Gasteiger partial charge in [-0.25, -0.2) is 4.98 Å². The molecule has 0 saturated carbocycles. The number of nitrogens with zero attached hydrogens (tertiary/aromatic N) is 5. The molecule has 22 heavy (non-hydrogen) atoms. The molecule has 0 atom stereocenters. The molecule has 9 heteroatoms. The summed E-state index contributed by atoms with van der Waals surface area (Å²) >= 11 is 5.94. The Morgan fingerprint density at radius 3 is 2.95 bits per heavy atom. The fourth-order valence-electron chi connectivity index (χ4n) is 1.94. The maximum Gasteiger partial charge on any atom is 0.325 e. The van der Waals surface area contributed by atoms with Gasteiger partial charge in [-0.3, -0.25) is 14.2 Å². The van der Waals surface area contributed by atoms with Crippen LogP contribution in [0.2, 0.25) is 5.02 Å². The summed E-state index contributed by atoms with van der Waals surface area (Å²) in [6.45, 7) is -0.234. The first kappa shape index (κ1) is 14.2. The summed E-state index contributed by atoms with van der Waals surface area (Å²) in [4.78, 5) is 27.7. The molecule has 8 nitrogen and oxygen atoms in total. The Hall–Kier alpha value is -2.74. The minimum absolute atomic E-state index is 0.0615. The fourth-order valence-corrected chi connectivity index (χ4v) is 2.13. The lowest BCUT2D eigenvalue weighted by molar-refractivity contribution is -0.141. The summed E-state index contributed by atoms with van der Waals surface area (Å²) < 4.78 is 7.05. The van der Waals surface area contributed by atoms with Gasteiger partial charge in [0.25, 0.3) is 5.56 Å². The predicted octanol–water partition coefficient (Wildman–Crippen LogP) is 0.804. The summed E-state index contributed by atoms with van der Waals surface area (Å²) in [7, 11) is 1.24. The number of ether oxygens (including phenoxy) is 1. The third-order valence-electron chi connectivity index (χ3n) is 3.01. The average Bonchev–Trinajstić information content (AvgIpc) is 2.94. The third-order valence-corrected chi connectivity index (χ3v) is 3.24. The zero-order chi connectivity index (χ0) is 15.7. The van der Waals surface area contributed by atoms with Crippen molar-refractivity contribution in [2.45, 2.75) is 6.54 Å². The van der Waals surface area contributed by atoms with Gasteiger partial charge in [0.05, 0.1) is 12.8 Å². The Morgan fingerprint density at radius 2 is 2.23 bits per heavy atom. The van der Waals surface area contributed by atoms with E-state index in [1.165, 1.54) is 18.1 Å². The first-order valence-electron chi connectivity index (χ1n) is 6.24. The molecule has 0 amide bonds. The minimum Gasteiger partial charge on any atom is -0.468 e. The van der Waals surface area contributed by atoms with Gasteiger partial charge in [-0.2, -0.15) is 4.68 Å². The Kier molecular flexibility index (Phi) is 3.60. The molecule has 0 saturated heterocycles. The summed E-state index contributed by atoms with van der Waals surface area (Å²) in [5.41, 5.74) is 0.510. The zero-order valence-corrected chi connectivity index (χ0v) is 12.2. The van der Waals surface area contributed by atoms with Crippen LogP contribution in [0.5, 0.6) is 0 Å². The highest BCUT2D eigenvalue weighted by Crippen LogP contribution is 2.16. The first-order valence-corrected chi connectivity index (χ1v) is 6.61. The largest absolute Gasteiger partial charge is 0.468 e. The molecule has 2 aromatic heterocycles. The molecule has 0 fully saturated rings. The van der Waals surface area contributed by atoms with Crippen molar-refractivity contribution >= 4 is 28.7 Å². The highest BCUT2D eigenvalue weighted by atomic mass is 35.5. The van der Waals surface area contributed by atoms with Crippen LogP contribution in [0.3, 0.4) is 0 Å². The summed E-state index contributed by atoms with van der Waals surface area (Å²) in [5.74, 6) is -0.550. The molecule has 0 N–H and O–H groups in total. The van der Waals surface area contributed by atoms with Crippen molar-refractivity contribution in [3.8, 4) is 5.69 Å². The SMILES string of the molecule is COC(=O)Cn1cnc2c(nnn2-c2cccc(Cl)c2)c1=O. The van der Waals surface area contributed by atoms with Gasteiger partial charge in [-0.1, -0.05) is 22.9 Å². The highest BCUT2D eigenvalue weighted by Gasteiger charge is 2.14. The molecule has 0 bridgehead atoms. The van der Waals surface area contributed by atoms with Crippen LogP contribution in [0.15, 0.2) is 35.4 Å². The fraction of sp³-hybridized carbons (Fsp3) is 0.154. The lowest BCUT2D eigenvalue weighted by atomic mass is 10.3. The number of hydrogen-bond donors (Lipinski definition) is 0. The molecule has 0 aliphatic heterocycles. The van der Waals surface area contributed by atoms with Crippen molar-refractivity contribution in [2.75, 3.05) is 7.11 Å². The smallest absolute Gasteiger partial charge is 0.325 e. The first-order chi connectivity index (χ1) is 10.6. The van der Waals surface area contributed by atoms with Crippen LogP contribution >= 0.6 is 11.6 Å². The number of halogens is 1. The number of fused-ring (bicyclic) bond motifs is 1. The maximum absolute atomic E-state index is 12.3. The molecule has 0 aliphatic rings. The van der Waals surface area contributed by atoms with Gasteiger partial charge in [0.1, 0.15) is 12.9 Å². The van der Waals surface area contributed by atoms with Gasteiger partial charge < -0.3 is 4.74 Å². The van der Waals surface area contributed by atoms with E-state index in [1.54, 1.807) is 24.3 Å².